The van der Waals surface area contributed by atoms with Crippen LogP contribution in [-0.4, -0.2) is 7.85 Å². The van der Waals surface area contributed by atoms with Gasteiger partial charge >= 0.3 is 18.5 Å². The molecule has 0 fully saturated rings. The third-order valence-electron chi connectivity index (χ3n) is 3.84. The number of hydrogen-bond acceptors (Lipinski definition) is 0. The van der Waals surface area contributed by atoms with Crippen molar-refractivity contribution in [3.05, 3.63) is 34.4 Å². The zero-order valence-electron chi connectivity index (χ0n) is 12.5. The van der Waals surface area contributed by atoms with Crippen LogP contribution in [0.25, 0.3) is 0 Å². The fourth-order valence-electron chi connectivity index (χ4n) is 2.39. The number of benzene rings is 1. The molecule has 0 aliphatic rings. The molecule has 0 aromatic heterocycles. The Hall–Kier alpha value is -1.35. The van der Waals surface area contributed by atoms with Crippen LogP contribution in [0.5, 0.6) is 0 Å². The van der Waals surface area contributed by atoms with Crippen LogP contribution < -0.4 is 0 Å². The van der Waals surface area contributed by atoms with E-state index >= 15 is 0 Å². The lowest BCUT2D eigenvalue weighted by Gasteiger charge is -2.34. The molecule has 0 atom stereocenters. The Kier molecular flexibility index (Phi) is 5.33. The second-order valence-electron chi connectivity index (χ2n) is 5.30. The lowest BCUT2D eigenvalue weighted by molar-refractivity contribution is -0.149. The van der Waals surface area contributed by atoms with Gasteiger partial charge in [-0.15, -0.1) is 0 Å². The van der Waals surface area contributed by atoms with Crippen molar-refractivity contribution in [2.24, 2.45) is 0 Å². The van der Waals surface area contributed by atoms with Crippen LogP contribution in [0.15, 0.2) is 12.1 Å². The molecule has 10 heteroatoms. The highest BCUT2D eigenvalue weighted by Gasteiger charge is 2.47. The molecule has 0 aliphatic carbocycles. The maximum Gasteiger partial charge on any atom is 0.416 e. The van der Waals surface area contributed by atoms with E-state index in [1.54, 1.807) is 0 Å². The van der Waals surface area contributed by atoms with Gasteiger partial charge < -0.3 is 0 Å². The first-order valence-electron chi connectivity index (χ1n) is 6.77. The van der Waals surface area contributed by atoms with Crippen LogP contribution >= 0.6 is 0 Å². The first-order valence-corrected chi connectivity index (χ1v) is 6.77. The Morgan fingerprint density at radius 2 is 1.04 bits per heavy atom. The van der Waals surface area contributed by atoms with E-state index in [1.807, 2.05) is 0 Å². The van der Waals surface area contributed by atoms with Crippen molar-refractivity contribution in [3.63, 3.8) is 0 Å². The standard InChI is InChI=1S/C14H12BF9/c1-3-11(15,4-2)10-8(13(19,20)21)5-7(12(16,17)18)6-9(10)14(22,23)24/h5-6H,3-4H2,1-2H3. The highest BCUT2D eigenvalue weighted by Crippen LogP contribution is 2.48. The molecule has 0 heterocycles. The summed E-state index contributed by atoms with van der Waals surface area (Å²) in [4.78, 5) is 0. The highest BCUT2D eigenvalue weighted by atomic mass is 19.4. The molecule has 0 saturated carbocycles. The summed E-state index contributed by atoms with van der Waals surface area (Å²) in [5, 5.41) is -2.07. The van der Waals surface area contributed by atoms with E-state index in [4.69, 9.17) is 7.85 Å². The Morgan fingerprint density at radius 1 is 0.708 bits per heavy atom. The van der Waals surface area contributed by atoms with Crippen molar-refractivity contribution in [1.29, 1.82) is 0 Å². The lowest BCUT2D eigenvalue weighted by atomic mass is 9.58. The molecule has 1 aromatic carbocycles. The van der Waals surface area contributed by atoms with Gasteiger partial charge in [-0.1, -0.05) is 26.7 Å². The van der Waals surface area contributed by atoms with E-state index in [1.165, 1.54) is 13.8 Å². The molecule has 0 spiro atoms. The number of hydrogen-bond donors (Lipinski definition) is 0. The SMILES string of the molecule is [B]C(CC)(CC)c1c(C(F)(F)F)cc(C(F)(F)F)cc1C(F)(F)F. The Bertz CT molecular complexity index is 557. The van der Waals surface area contributed by atoms with E-state index in [0.29, 0.717) is 0 Å². The van der Waals surface area contributed by atoms with E-state index in [0.717, 1.165) is 0 Å². The van der Waals surface area contributed by atoms with Crippen molar-refractivity contribution in [1.82, 2.24) is 0 Å². The van der Waals surface area contributed by atoms with Crippen LogP contribution in [0.4, 0.5) is 39.5 Å². The zero-order chi connectivity index (χ0) is 19.1. The topological polar surface area (TPSA) is 0 Å². The molecule has 0 unspecified atom stereocenters. The minimum Gasteiger partial charge on any atom is -0.166 e. The quantitative estimate of drug-likeness (QED) is 0.462. The molecule has 1 rings (SSSR count). The summed E-state index contributed by atoms with van der Waals surface area (Å²) in [5.41, 5.74) is -7.42. The van der Waals surface area contributed by atoms with Crippen LogP contribution in [-0.2, 0) is 23.8 Å². The molecular formula is C14H12BF9. The number of rotatable bonds is 3. The third kappa shape index (κ3) is 4.00. The minimum atomic E-state index is -5.43. The molecule has 134 valence electrons. The van der Waals surface area contributed by atoms with Crippen LogP contribution in [0, 0.1) is 0 Å². The summed E-state index contributed by atoms with van der Waals surface area (Å²) in [7, 11) is 5.69. The first kappa shape index (κ1) is 20.7. The van der Waals surface area contributed by atoms with Gasteiger partial charge in [-0.3, -0.25) is 0 Å². The summed E-state index contributed by atoms with van der Waals surface area (Å²) in [6.07, 6.45) is -16.9. The van der Waals surface area contributed by atoms with Crippen molar-refractivity contribution in [3.8, 4) is 0 Å². The molecule has 0 amide bonds. The molecule has 24 heavy (non-hydrogen) atoms. The zero-order valence-corrected chi connectivity index (χ0v) is 12.5. The average Bonchev–Trinajstić information content (AvgIpc) is 2.42. The van der Waals surface area contributed by atoms with Crippen LogP contribution in [0.1, 0.15) is 48.9 Å². The molecule has 1 aromatic rings. The predicted molar refractivity (Wildman–Crippen MR) is 69.5 cm³/mol. The van der Waals surface area contributed by atoms with Gasteiger partial charge in [-0.2, -0.15) is 39.5 Å². The van der Waals surface area contributed by atoms with Gasteiger partial charge in [-0.25, -0.2) is 0 Å². The lowest BCUT2D eigenvalue weighted by Crippen LogP contribution is -2.33. The van der Waals surface area contributed by atoms with E-state index in [-0.39, 0.29) is 25.0 Å². The monoisotopic (exact) mass is 362 g/mol. The van der Waals surface area contributed by atoms with Crippen LogP contribution in [0.3, 0.4) is 0 Å². The van der Waals surface area contributed by atoms with E-state index < -0.39 is 46.1 Å². The first-order chi connectivity index (χ1) is 10.6. The van der Waals surface area contributed by atoms with Gasteiger partial charge in [0.25, 0.3) is 0 Å². The Balaban J connectivity index is 4.03. The molecule has 0 N–H and O–H groups in total. The molecule has 0 bridgehead atoms. The summed E-state index contributed by atoms with van der Waals surface area (Å²) in [6.45, 7) is 2.53. The van der Waals surface area contributed by atoms with Crippen molar-refractivity contribution in [2.45, 2.75) is 50.5 Å². The van der Waals surface area contributed by atoms with Gasteiger partial charge in [-0.05, 0) is 23.0 Å². The minimum absolute atomic E-state index is 0.318. The predicted octanol–water partition coefficient (Wildman–Crippen LogP) is 5.93. The third-order valence-corrected chi connectivity index (χ3v) is 3.84. The molecule has 0 aliphatic heterocycles. The van der Waals surface area contributed by atoms with Crippen molar-refractivity contribution >= 4 is 7.85 Å². The summed E-state index contributed by atoms with van der Waals surface area (Å²) >= 11 is 0. The number of halogens is 9. The Morgan fingerprint density at radius 3 is 1.25 bits per heavy atom. The smallest absolute Gasteiger partial charge is 0.166 e. The summed E-state index contributed by atoms with van der Waals surface area (Å²) < 4.78 is 117. The molecule has 2 radical (unpaired) electrons. The van der Waals surface area contributed by atoms with Gasteiger partial charge in [0.1, 0.15) is 0 Å². The largest absolute Gasteiger partial charge is 0.416 e. The second-order valence-corrected chi connectivity index (χ2v) is 5.30. The van der Waals surface area contributed by atoms with Gasteiger partial charge in [0.15, 0.2) is 0 Å². The fraction of sp³-hybridized carbons (Fsp3) is 0.571. The van der Waals surface area contributed by atoms with Crippen LogP contribution in [0.2, 0.25) is 0 Å². The van der Waals surface area contributed by atoms with Gasteiger partial charge in [0, 0.05) is 0 Å². The van der Waals surface area contributed by atoms with Gasteiger partial charge in [0.2, 0.25) is 0 Å². The summed E-state index contributed by atoms with van der Waals surface area (Å²) in [5.74, 6) is 0. The normalized spacial score (nSPS) is 14.1. The maximum atomic E-state index is 13.2. The molecular weight excluding hydrogens is 350 g/mol. The fourth-order valence-corrected chi connectivity index (χ4v) is 2.39. The average molecular weight is 362 g/mol. The summed E-state index contributed by atoms with van der Waals surface area (Å²) in [6, 6.07) is -0.644. The molecule has 0 saturated heterocycles. The van der Waals surface area contributed by atoms with E-state index in [2.05, 4.69) is 0 Å². The second kappa shape index (κ2) is 6.18. The Labute approximate surface area is 133 Å². The van der Waals surface area contributed by atoms with Crippen molar-refractivity contribution in [2.75, 3.05) is 0 Å². The maximum absolute atomic E-state index is 13.2. The van der Waals surface area contributed by atoms with Gasteiger partial charge in [0.05, 0.1) is 24.5 Å². The van der Waals surface area contributed by atoms with E-state index in [9.17, 15) is 39.5 Å². The number of alkyl halides is 9. The molecule has 0 nitrogen and oxygen atoms in total. The van der Waals surface area contributed by atoms with Crippen molar-refractivity contribution < 1.29 is 39.5 Å². The highest BCUT2D eigenvalue weighted by molar-refractivity contribution is 6.16.